The van der Waals surface area contributed by atoms with Crippen LogP contribution in [0.15, 0.2) is 36.9 Å². The van der Waals surface area contributed by atoms with E-state index in [0.29, 0.717) is 19.6 Å². The number of hydrogen-bond acceptors (Lipinski definition) is 4. The molecule has 30 heavy (non-hydrogen) atoms. The average molecular weight is 425 g/mol. The number of hydrogen-bond donors (Lipinski definition) is 3. The minimum Gasteiger partial charge on any atom is -0.368 e. The summed E-state index contributed by atoms with van der Waals surface area (Å²) in [6.07, 6.45) is 0.720. The summed E-state index contributed by atoms with van der Waals surface area (Å²) in [5.74, 6) is -0.493. The lowest BCUT2D eigenvalue weighted by atomic mass is 10.1. The molecule has 1 aliphatic rings. The number of benzene rings is 1. The van der Waals surface area contributed by atoms with E-state index in [4.69, 9.17) is 4.74 Å². The summed E-state index contributed by atoms with van der Waals surface area (Å²) < 4.78 is 47.5. The van der Waals surface area contributed by atoms with Crippen molar-refractivity contribution in [2.24, 2.45) is 0 Å². The maximum Gasteiger partial charge on any atom is 0.418 e. The largest absolute Gasteiger partial charge is 0.418 e. The zero-order chi connectivity index (χ0) is 21.7. The Labute approximate surface area is 170 Å². The molecule has 0 aliphatic carbocycles. The predicted molar refractivity (Wildman–Crippen MR) is 103 cm³/mol. The van der Waals surface area contributed by atoms with Gasteiger partial charge in [0.25, 0.3) is 5.91 Å². The van der Waals surface area contributed by atoms with Gasteiger partial charge in [0.15, 0.2) is 0 Å². The van der Waals surface area contributed by atoms with Gasteiger partial charge in [-0.25, -0.2) is 9.78 Å². The quantitative estimate of drug-likeness (QED) is 0.662. The molecule has 0 saturated carbocycles. The molecule has 0 spiro atoms. The molecule has 1 saturated heterocycles. The van der Waals surface area contributed by atoms with E-state index in [-0.39, 0.29) is 11.7 Å². The van der Waals surface area contributed by atoms with E-state index in [1.165, 1.54) is 6.07 Å². The van der Waals surface area contributed by atoms with Gasteiger partial charge in [0.05, 0.1) is 17.6 Å². The Morgan fingerprint density at radius 2 is 2.13 bits per heavy atom. The molecule has 11 heteroatoms. The minimum atomic E-state index is -4.73. The fourth-order valence-electron chi connectivity index (χ4n) is 3.11. The van der Waals surface area contributed by atoms with Crippen molar-refractivity contribution in [3.05, 3.63) is 42.5 Å². The fourth-order valence-corrected chi connectivity index (χ4v) is 3.11. The molecule has 0 radical (unpaired) electrons. The number of aromatic nitrogens is 2. The van der Waals surface area contributed by atoms with E-state index in [2.05, 4.69) is 20.9 Å². The number of urea groups is 1. The third-order valence-electron chi connectivity index (χ3n) is 4.48. The highest BCUT2D eigenvalue weighted by Gasteiger charge is 2.35. The van der Waals surface area contributed by atoms with Gasteiger partial charge in [-0.15, -0.1) is 0 Å². The summed E-state index contributed by atoms with van der Waals surface area (Å²) in [4.78, 5) is 28.1. The molecule has 8 nitrogen and oxygen atoms in total. The number of carbonyl (C=O) groups excluding carboxylic acids is 2. The average Bonchev–Trinajstić information content (AvgIpc) is 3.35. The van der Waals surface area contributed by atoms with Gasteiger partial charge in [-0.3, -0.25) is 4.79 Å². The van der Waals surface area contributed by atoms with E-state index < -0.39 is 35.5 Å². The number of nitrogens with one attached hydrogen (secondary N) is 3. The van der Waals surface area contributed by atoms with E-state index in [1.54, 1.807) is 30.2 Å². The van der Waals surface area contributed by atoms with E-state index in [9.17, 15) is 22.8 Å². The van der Waals surface area contributed by atoms with Crippen LogP contribution in [0, 0.1) is 0 Å². The number of ether oxygens (including phenoxy) is 1. The zero-order valence-electron chi connectivity index (χ0n) is 16.2. The van der Waals surface area contributed by atoms with Crippen LogP contribution in [0.2, 0.25) is 0 Å². The lowest BCUT2D eigenvalue weighted by Crippen LogP contribution is -2.38. The summed E-state index contributed by atoms with van der Waals surface area (Å²) in [6, 6.07) is 2.07. The monoisotopic (exact) mass is 425 g/mol. The molecule has 2 aromatic rings. The standard InChI is InChI=1S/C19H22F3N5O3/c1-12(10-27-7-6-23-11-27)24-18(29)26-15-5-4-13(9-14(15)19(20,21)22)25-17(28)16-3-2-8-30-16/h4-7,9,11-12,16H,2-3,8,10H2,1H3,(H,25,28)(H2,24,26,29). The predicted octanol–water partition coefficient (Wildman–Crippen LogP) is 3.23. The van der Waals surface area contributed by atoms with Crippen molar-refractivity contribution in [2.75, 3.05) is 17.2 Å². The lowest BCUT2D eigenvalue weighted by Gasteiger charge is -2.19. The second-order valence-corrected chi connectivity index (χ2v) is 7.01. The second kappa shape index (κ2) is 9.16. The molecular weight excluding hydrogens is 403 g/mol. The highest BCUT2D eigenvalue weighted by atomic mass is 19.4. The van der Waals surface area contributed by atoms with Crippen LogP contribution < -0.4 is 16.0 Å². The minimum absolute atomic E-state index is 0.0257. The highest BCUT2D eigenvalue weighted by molar-refractivity contribution is 5.95. The Kier molecular flexibility index (Phi) is 6.60. The fraction of sp³-hybridized carbons (Fsp3) is 0.421. The highest BCUT2D eigenvalue weighted by Crippen LogP contribution is 2.36. The molecular formula is C19H22F3N5O3. The summed E-state index contributed by atoms with van der Waals surface area (Å²) in [5.41, 5.74) is -1.50. The molecule has 1 aromatic carbocycles. The van der Waals surface area contributed by atoms with Crippen molar-refractivity contribution in [1.82, 2.24) is 14.9 Å². The number of alkyl halides is 3. The Morgan fingerprint density at radius 3 is 2.77 bits per heavy atom. The Balaban J connectivity index is 1.67. The molecule has 0 bridgehead atoms. The number of nitrogens with zero attached hydrogens (tertiary/aromatic N) is 2. The van der Waals surface area contributed by atoms with Gasteiger partial charge in [-0.05, 0) is 38.0 Å². The first-order valence-electron chi connectivity index (χ1n) is 9.39. The van der Waals surface area contributed by atoms with Crippen LogP contribution in [0.1, 0.15) is 25.3 Å². The third kappa shape index (κ3) is 5.72. The molecule has 162 valence electrons. The maximum absolute atomic E-state index is 13.5. The van der Waals surface area contributed by atoms with Crippen molar-refractivity contribution in [3.63, 3.8) is 0 Å². The van der Waals surface area contributed by atoms with Crippen LogP contribution in [0.3, 0.4) is 0 Å². The van der Waals surface area contributed by atoms with Crippen LogP contribution in [-0.4, -0.2) is 40.2 Å². The first-order chi connectivity index (χ1) is 14.2. The van der Waals surface area contributed by atoms with Gasteiger partial charge < -0.3 is 25.3 Å². The third-order valence-corrected chi connectivity index (χ3v) is 4.48. The molecule has 1 fully saturated rings. The Bertz CT molecular complexity index is 880. The summed E-state index contributed by atoms with van der Waals surface area (Å²) in [6.45, 7) is 2.57. The second-order valence-electron chi connectivity index (χ2n) is 7.01. The van der Waals surface area contributed by atoms with Crippen molar-refractivity contribution >= 4 is 23.3 Å². The van der Waals surface area contributed by atoms with E-state index in [0.717, 1.165) is 18.6 Å². The SMILES string of the molecule is CC(Cn1ccnc1)NC(=O)Nc1ccc(NC(=O)C2CCCO2)cc1C(F)(F)F. The smallest absolute Gasteiger partial charge is 0.368 e. The van der Waals surface area contributed by atoms with Gasteiger partial charge >= 0.3 is 12.2 Å². The number of anilines is 2. The Morgan fingerprint density at radius 1 is 1.33 bits per heavy atom. The van der Waals surface area contributed by atoms with Crippen LogP contribution in [0.5, 0.6) is 0 Å². The number of carbonyl (C=O) groups is 2. The van der Waals surface area contributed by atoms with Gasteiger partial charge in [0, 0.05) is 37.3 Å². The number of imidazole rings is 1. The first-order valence-corrected chi connectivity index (χ1v) is 9.39. The topological polar surface area (TPSA) is 97.3 Å². The summed E-state index contributed by atoms with van der Waals surface area (Å²) >= 11 is 0. The normalized spacial score (nSPS) is 17.4. The molecule has 3 rings (SSSR count). The van der Waals surface area contributed by atoms with E-state index >= 15 is 0 Å². The zero-order valence-corrected chi connectivity index (χ0v) is 16.2. The molecule has 3 N–H and O–H groups in total. The molecule has 1 aromatic heterocycles. The molecule has 2 atom stereocenters. The van der Waals surface area contributed by atoms with Crippen molar-refractivity contribution < 1.29 is 27.5 Å². The summed E-state index contributed by atoms with van der Waals surface area (Å²) in [7, 11) is 0. The lowest BCUT2D eigenvalue weighted by molar-refractivity contribution is -0.137. The molecule has 2 heterocycles. The van der Waals surface area contributed by atoms with Gasteiger partial charge in [0.2, 0.25) is 0 Å². The van der Waals surface area contributed by atoms with Crippen molar-refractivity contribution in [3.8, 4) is 0 Å². The van der Waals surface area contributed by atoms with Crippen molar-refractivity contribution in [1.29, 1.82) is 0 Å². The van der Waals surface area contributed by atoms with Crippen LogP contribution >= 0.6 is 0 Å². The van der Waals surface area contributed by atoms with Crippen LogP contribution in [0.25, 0.3) is 0 Å². The number of rotatable bonds is 6. The number of amides is 3. The van der Waals surface area contributed by atoms with Crippen LogP contribution in [0.4, 0.5) is 29.3 Å². The molecule has 2 unspecified atom stereocenters. The molecule has 3 amide bonds. The molecule has 1 aliphatic heterocycles. The van der Waals surface area contributed by atoms with Gasteiger partial charge in [0.1, 0.15) is 6.10 Å². The number of halogens is 3. The van der Waals surface area contributed by atoms with Gasteiger partial charge in [-0.2, -0.15) is 13.2 Å². The summed E-state index contributed by atoms with van der Waals surface area (Å²) in [5, 5.41) is 7.24. The van der Waals surface area contributed by atoms with E-state index in [1.807, 2.05) is 0 Å². The maximum atomic E-state index is 13.5. The van der Waals surface area contributed by atoms with Crippen molar-refractivity contribution in [2.45, 2.75) is 44.6 Å². The first kappa shape index (κ1) is 21.6. The van der Waals surface area contributed by atoms with Gasteiger partial charge in [-0.1, -0.05) is 0 Å². The van der Waals surface area contributed by atoms with Crippen LogP contribution in [-0.2, 0) is 22.3 Å². The Hall–Kier alpha value is -3.08.